The summed E-state index contributed by atoms with van der Waals surface area (Å²) >= 11 is 0. The summed E-state index contributed by atoms with van der Waals surface area (Å²) in [5.41, 5.74) is 8.08. The summed E-state index contributed by atoms with van der Waals surface area (Å²) in [6.45, 7) is 1.62. The number of nitrogens with two attached hydrogens (primary N) is 1. The third kappa shape index (κ3) is 2.40. The Morgan fingerprint density at radius 3 is 2.80 bits per heavy atom. The Hall–Kier alpha value is -1.19. The third-order valence-electron chi connectivity index (χ3n) is 4.40. The Balaban J connectivity index is 0.00000121. The number of halogens is 1. The van der Waals surface area contributed by atoms with Gasteiger partial charge in [0.15, 0.2) is 0 Å². The predicted octanol–water partition coefficient (Wildman–Crippen LogP) is 3.71. The van der Waals surface area contributed by atoms with Crippen LogP contribution < -0.4 is 10.5 Å². The number of furan rings is 1. The average Bonchev–Trinajstić information content (AvgIpc) is 3.33. The maximum atomic E-state index is 6.05. The first-order valence-electron chi connectivity index (χ1n) is 7.20. The molecule has 4 heteroatoms. The number of fused-ring (bicyclic) bond motifs is 1. The van der Waals surface area contributed by atoms with Crippen LogP contribution in [-0.4, -0.2) is 13.2 Å². The lowest BCUT2D eigenvalue weighted by Gasteiger charge is -2.12. The topological polar surface area (TPSA) is 48.4 Å². The smallest absolute Gasteiger partial charge is 0.134 e. The highest BCUT2D eigenvalue weighted by Gasteiger charge is 2.40. The Morgan fingerprint density at radius 2 is 2.10 bits per heavy atom. The maximum Gasteiger partial charge on any atom is 0.134 e. The first-order valence-corrected chi connectivity index (χ1v) is 7.20. The van der Waals surface area contributed by atoms with E-state index in [1.165, 1.54) is 30.2 Å². The van der Waals surface area contributed by atoms with Gasteiger partial charge in [-0.1, -0.05) is 0 Å². The van der Waals surface area contributed by atoms with Gasteiger partial charge in [-0.25, -0.2) is 0 Å². The van der Waals surface area contributed by atoms with Crippen LogP contribution >= 0.6 is 12.4 Å². The quantitative estimate of drug-likeness (QED) is 0.914. The van der Waals surface area contributed by atoms with Crippen LogP contribution in [0.5, 0.6) is 5.75 Å². The van der Waals surface area contributed by atoms with E-state index in [9.17, 15) is 0 Å². The van der Waals surface area contributed by atoms with Crippen molar-refractivity contribution in [2.45, 2.75) is 25.2 Å². The van der Waals surface area contributed by atoms with Crippen molar-refractivity contribution in [1.82, 2.24) is 0 Å². The second-order valence-electron chi connectivity index (χ2n) is 5.90. The van der Waals surface area contributed by atoms with Crippen LogP contribution in [0.3, 0.4) is 0 Å². The van der Waals surface area contributed by atoms with Gasteiger partial charge in [0, 0.05) is 10.9 Å². The van der Waals surface area contributed by atoms with Crippen LogP contribution in [-0.2, 0) is 0 Å². The van der Waals surface area contributed by atoms with Gasteiger partial charge < -0.3 is 14.9 Å². The average molecular weight is 294 g/mol. The highest BCUT2D eigenvalue weighted by molar-refractivity contribution is 5.85. The normalized spacial score (nSPS) is 24.4. The second kappa shape index (κ2) is 5.30. The molecular weight excluding hydrogens is 274 g/mol. The highest BCUT2D eigenvalue weighted by atomic mass is 35.5. The van der Waals surface area contributed by atoms with E-state index in [-0.39, 0.29) is 12.4 Å². The number of hydrogen-bond acceptors (Lipinski definition) is 3. The molecule has 0 bridgehead atoms. The number of ether oxygens (including phenoxy) is 1. The summed E-state index contributed by atoms with van der Waals surface area (Å²) in [6.07, 6.45) is 5.58. The van der Waals surface area contributed by atoms with Crippen molar-refractivity contribution < 1.29 is 9.15 Å². The van der Waals surface area contributed by atoms with Crippen molar-refractivity contribution in [3.63, 3.8) is 0 Å². The van der Waals surface area contributed by atoms with Crippen LogP contribution in [0.25, 0.3) is 11.0 Å². The van der Waals surface area contributed by atoms with Gasteiger partial charge in [0.05, 0.1) is 12.9 Å². The minimum absolute atomic E-state index is 0. The third-order valence-corrected chi connectivity index (χ3v) is 4.40. The molecule has 4 rings (SSSR count). The summed E-state index contributed by atoms with van der Waals surface area (Å²) in [4.78, 5) is 0. The first-order chi connectivity index (χ1) is 9.36. The van der Waals surface area contributed by atoms with Gasteiger partial charge in [-0.2, -0.15) is 0 Å². The zero-order valence-electron chi connectivity index (χ0n) is 11.4. The van der Waals surface area contributed by atoms with E-state index in [0.717, 1.165) is 30.4 Å². The van der Waals surface area contributed by atoms with E-state index in [1.807, 2.05) is 6.07 Å². The molecule has 2 aliphatic rings. The van der Waals surface area contributed by atoms with E-state index in [0.29, 0.717) is 11.8 Å². The molecule has 2 aliphatic carbocycles. The zero-order valence-corrected chi connectivity index (χ0v) is 12.2. The summed E-state index contributed by atoms with van der Waals surface area (Å²) in [6, 6.07) is 6.14. The molecule has 2 saturated carbocycles. The molecule has 2 atom stereocenters. The number of benzene rings is 1. The summed E-state index contributed by atoms with van der Waals surface area (Å²) in [7, 11) is 0. The predicted molar refractivity (Wildman–Crippen MR) is 81.6 cm³/mol. The maximum absolute atomic E-state index is 6.05. The van der Waals surface area contributed by atoms with Crippen LogP contribution in [0.4, 0.5) is 0 Å². The lowest BCUT2D eigenvalue weighted by molar-refractivity contribution is 0.297. The van der Waals surface area contributed by atoms with Gasteiger partial charge in [0.25, 0.3) is 0 Å². The van der Waals surface area contributed by atoms with Crippen molar-refractivity contribution in [3.8, 4) is 5.75 Å². The molecule has 1 heterocycles. The SMILES string of the molecule is Cl.NC[C@@H]1C[C@H]1c1c(OCC2CC2)ccc2occc12. The largest absolute Gasteiger partial charge is 0.493 e. The van der Waals surface area contributed by atoms with Gasteiger partial charge in [-0.05, 0) is 61.8 Å². The molecule has 20 heavy (non-hydrogen) atoms. The van der Waals surface area contributed by atoms with Gasteiger partial charge in [0.2, 0.25) is 0 Å². The van der Waals surface area contributed by atoms with Gasteiger partial charge >= 0.3 is 0 Å². The molecular formula is C16H20ClNO2. The van der Waals surface area contributed by atoms with Gasteiger partial charge in [-0.3, -0.25) is 0 Å². The molecule has 0 amide bonds. The minimum Gasteiger partial charge on any atom is -0.493 e. The van der Waals surface area contributed by atoms with Crippen molar-refractivity contribution in [3.05, 3.63) is 30.0 Å². The Bertz CT molecular complexity index is 606. The lowest BCUT2D eigenvalue weighted by atomic mass is 10.0. The summed E-state index contributed by atoms with van der Waals surface area (Å²) < 4.78 is 11.6. The van der Waals surface area contributed by atoms with Crippen molar-refractivity contribution in [1.29, 1.82) is 0 Å². The van der Waals surface area contributed by atoms with E-state index in [4.69, 9.17) is 14.9 Å². The zero-order chi connectivity index (χ0) is 12.8. The van der Waals surface area contributed by atoms with Crippen LogP contribution in [0, 0.1) is 11.8 Å². The highest BCUT2D eigenvalue weighted by Crippen LogP contribution is 2.52. The molecule has 0 saturated heterocycles. The van der Waals surface area contributed by atoms with Gasteiger partial charge in [-0.15, -0.1) is 12.4 Å². The molecule has 0 spiro atoms. The van der Waals surface area contributed by atoms with Crippen molar-refractivity contribution in [2.75, 3.05) is 13.2 Å². The second-order valence-corrected chi connectivity index (χ2v) is 5.90. The minimum atomic E-state index is 0. The molecule has 2 aromatic rings. The fourth-order valence-electron chi connectivity index (χ4n) is 2.91. The van der Waals surface area contributed by atoms with E-state index < -0.39 is 0 Å². The molecule has 3 nitrogen and oxygen atoms in total. The van der Waals surface area contributed by atoms with Crippen LogP contribution in [0.1, 0.15) is 30.7 Å². The Kier molecular flexibility index (Phi) is 3.65. The molecule has 0 aliphatic heterocycles. The summed E-state index contributed by atoms with van der Waals surface area (Å²) in [5.74, 6) is 2.99. The molecule has 1 aromatic heterocycles. The van der Waals surface area contributed by atoms with Crippen molar-refractivity contribution in [2.24, 2.45) is 17.6 Å². The fourth-order valence-corrected chi connectivity index (χ4v) is 2.91. The van der Waals surface area contributed by atoms with E-state index in [2.05, 4.69) is 12.1 Å². The molecule has 108 valence electrons. The Labute approximate surface area is 124 Å². The van der Waals surface area contributed by atoms with Crippen LogP contribution in [0.15, 0.2) is 28.9 Å². The van der Waals surface area contributed by atoms with E-state index >= 15 is 0 Å². The number of hydrogen-bond donors (Lipinski definition) is 1. The molecule has 2 N–H and O–H groups in total. The molecule has 0 radical (unpaired) electrons. The Morgan fingerprint density at radius 1 is 1.25 bits per heavy atom. The van der Waals surface area contributed by atoms with Gasteiger partial charge in [0.1, 0.15) is 11.3 Å². The van der Waals surface area contributed by atoms with E-state index in [1.54, 1.807) is 6.26 Å². The number of rotatable bonds is 5. The van der Waals surface area contributed by atoms with Crippen molar-refractivity contribution >= 4 is 23.4 Å². The van der Waals surface area contributed by atoms with Crippen LogP contribution in [0.2, 0.25) is 0 Å². The first kappa shape index (κ1) is 13.8. The molecule has 2 fully saturated rings. The standard InChI is InChI=1S/C16H19NO2.ClH/c17-8-11-7-13(11)16-12-5-6-18-14(12)3-4-15(16)19-9-10-1-2-10;/h3-6,10-11,13H,1-2,7-9,17H2;1H/t11-,13+;/m0./s1. The fraction of sp³-hybridized carbons (Fsp3) is 0.500. The summed E-state index contributed by atoms with van der Waals surface area (Å²) in [5, 5.41) is 1.20. The lowest BCUT2D eigenvalue weighted by Crippen LogP contribution is -2.05. The molecule has 0 unspecified atom stereocenters. The monoisotopic (exact) mass is 293 g/mol. The molecule has 1 aromatic carbocycles.